The molecule has 0 unspecified atom stereocenters. The fraction of sp³-hybridized carbons (Fsp3) is 0.636. The van der Waals surface area contributed by atoms with Crippen LogP contribution in [-0.4, -0.2) is 9.78 Å². The Balaban J connectivity index is 2.30. The van der Waals surface area contributed by atoms with Crippen molar-refractivity contribution in [1.82, 2.24) is 9.78 Å². The maximum atomic E-state index is 8.86. The van der Waals surface area contributed by atoms with Gasteiger partial charge in [0.1, 0.15) is 0 Å². The molecule has 0 aromatic carbocycles. The summed E-state index contributed by atoms with van der Waals surface area (Å²) in [6.07, 6.45) is 4.81. The first-order valence-corrected chi connectivity index (χ1v) is 5.17. The summed E-state index contributed by atoms with van der Waals surface area (Å²) in [4.78, 5) is 0. The number of nitrogens with zero attached hydrogens (tertiary/aromatic N) is 3. The van der Waals surface area contributed by atoms with E-state index in [1.165, 1.54) is 11.3 Å². The predicted octanol–water partition coefficient (Wildman–Crippen LogP) is 2.09. The largest absolute Gasteiger partial charge is 0.267 e. The van der Waals surface area contributed by atoms with Crippen LogP contribution in [0.4, 0.5) is 0 Å². The van der Waals surface area contributed by atoms with Crippen molar-refractivity contribution in [3.05, 3.63) is 17.5 Å². The van der Waals surface area contributed by atoms with Crippen molar-refractivity contribution in [2.75, 3.05) is 0 Å². The molecule has 1 aromatic heterocycles. The fourth-order valence-corrected chi connectivity index (χ4v) is 2.10. The van der Waals surface area contributed by atoms with Gasteiger partial charge in [0.15, 0.2) is 0 Å². The number of hydrogen-bond donors (Lipinski definition) is 0. The maximum absolute atomic E-state index is 8.86. The Labute approximate surface area is 84.3 Å². The topological polar surface area (TPSA) is 41.6 Å². The first-order valence-electron chi connectivity index (χ1n) is 5.17. The highest BCUT2D eigenvalue weighted by molar-refractivity contribution is 5.23. The Hall–Kier alpha value is -1.30. The van der Waals surface area contributed by atoms with E-state index in [4.69, 9.17) is 5.26 Å². The molecule has 0 amide bonds. The Bertz CT molecular complexity index is 370. The van der Waals surface area contributed by atoms with Crippen molar-refractivity contribution in [2.45, 2.75) is 39.2 Å². The van der Waals surface area contributed by atoms with E-state index in [1.54, 1.807) is 0 Å². The third-order valence-corrected chi connectivity index (χ3v) is 2.85. The van der Waals surface area contributed by atoms with E-state index >= 15 is 0 Å². The van der Waals surface area contributed by atoms with Gasteiger partial charge in [-0.25, -0.2) is 0 Å². The van der Waals surface area contributed by atoms with Gasteiger partial charge in [0, 0.05) is 11.7 Å². The van der Waals surface area contributed by atoms with Crippen molar-refractivity contribution in [3.63, 3.8) is 0 Å². The molecule has 0 saturated carbocycles. The van der Waals surface area contributed by atoms with Crippen LogP contribution in [0.25, 0.3) is 0 Å². The van der Waals surface area contributed by atoms with Crippen LogP contribution in [0.5, 0.6) is 0 Å². The van der Waals surface area contributed by atoms with Gasteiger partial charge in [-0.1, -0.05) is 0 Å². The lowest BCUT2D eigenvalue weighted by Gasteiger charge is -2.19. The summed E-state index contributed by atoms with van der Waals surface area (Å²) in [5.41, 5.74) is 2.61. The summed E-state index contributed by atoms with van der Waals surface area (Å²) in [5.74, 6) is 0.201. The first-order chi connectivity index (χ1) is 6.72. The second-order valence-corrected chi connectivity index (χ2v) is 4.22. The monoisotopic (exact) mass is 189 g/mol. The molecule has 2 rings (SSSR count). The molecule has 0 fully saturated rings. The average molecular weight is 189 g/mol. The Morgan fingerprint density at radius 2 is 2.43 bits per heavy atom. The molecule has 74 valence electrons. The van der Waals surface area contributed by atoms with Crippen LogP contribution in [0.3, 0.4) is 0 Å². The van der Waals surface area contributed by atoms with Crippen molar-refractivity contribution in [2.24, 2.45) is 5.92 Å². The zero-order valence-electron chi connectivity index (χ0n) is 8.70. The zero-order valence-corrected chi connectivity index (χ0v) is 8.70. The van der Waals surface area contributed by atoms with E-state index in [9.17, 15) is 0 Å². The van der Waals surface area contributed by atoms with Crippen LogP contribution in [0.15, 0.2) is 6.20 Å². The standard InChI is InChI=1S/C11H15N3/c1-8(2)14-11-4-3-9(6-12)5-10(11)7-13-14/h7-9H,3-5H2,1-2H3/t9-/m0/s1. The molecule has 0 spiro atoms. The molecule has 1 aliphatic rings. The number of rotatable bonds is 1. The first kappa shape index (κ1) is 9.26. The van der Waals surface area contributed by atoms with Crippen LogP contribution in [-0.2, 0) is 12.8 Å². The molecule has 0 aliphatic heterocycles. The van der Waals surface area contributed by atoms with Crippen molar-refractivity contribution in [1.29, 1.82) is 5.26 Å². The van der Waals surface area contributed by atoms with E-state index in [-0.39, 0.29) is 5.92 Å². The summed E-state index contributed by atoms with van der Waals surface area (Å²) in [6, 6.07) is 2.77. The van der Waals surface area contributed by atoms with E-state index in [2.05, 4.69) is 29.7 Å². The highest BCUT2D eigenvalue weighted by Crippen LogP contribution is 2.26. The molecule has 0 radical (unpaired) electrons. The van der Waals surface area contributed by atoms with Gasteiger partial charge in [0.2, 0.25) is 0 Å². The van der Waals surface area contributed by atoms with Gasteiger partial charge in [0.25, 0.3) is 0 Å². The molecule has 1 heterocycles. The highest BCUT2D eigenvalue weighted by atomic mass is 15.3. The molecule has 0 saturated heterocycles. The molecular formula is C11H15N3. The molecule has 1 atom stereocenters. The Kier molecular flexibility index (Phi) is 2.28. The van der Waals surface area contributed by atoms with Crippen molar-refractivity contribution in [3.8, 4) is 6.07 Å². The summed E-state index contributed by atoms with van der Waals surface area (Å²) in [7, 11) is 0. The average Bonchev–Trinajstić information content (AvgIpc) is 2.59. The highest BCUT2D eigenvalue weighted by Gasteiger charge is 2.22. The SMILES string of the molecule is CC(C)n1ncc2c1CC[C@H](C#N)C2. The number of nitriles is 1. The van der Waals surface area contributed by atoms with Crippen LogP contribution >= 0.6 is 0 Å². The van der Waals surface area contributed by atoms with E-state index in [1.807, 2.05) is 6.20 Å². The molecule has 3 heteroatoms. The van der Waals surface area contributed by atoms with Crippen molar-refractivity contribution < 1.29 is 0 Å². The van der Waals surface area contributed by atoms with Gasteiger partial charge in [-0.2, -0.15) is 10.4 Å². The number of fused-ring (bicyclic) bond motifs is 1. The van der Waals surface area contributed by atoms with Gasteiger partial charge < -0.3 is 0 Å². The lowest BCUT2D eigenvalue weighted by Crippen LogP contribution is -2.16. The summed E-state index contributed by atoms with van der Waals surface area (Å²) in [6.45, 7) is 4.29. The molecule has 1 aromatic rings. The minimum absolute atomic E-state index is 0.201. The normalized spacial score (nSPS) is 20.6. The van der Waals surface area contributed by atoms with Crippen molar-refractivity contribution >= 4 is 0 Å². The van der Waals surface area contributed by atoms with Gasteiger partial charge >= 0.3 is 0 Å². The summed E-state index contributed by atoms with van der Waals surface area (Å²) in [5, 5.41) is 13.2. The van der Waals surface area contributed by atoms with Gasteiger partial charge in [-0.05, 0) is 38.7 Å². The number of aromatic nitrogens is 2. The second kappa shape index (κ2) is 3.45. The molecule has 1 aliphatic carbocycles. The third-order valence-electron chi connectivity index (χ3n) is 2.85. The van der Waals surface area contributed by atoms with Gasteiger partial charge in [-0.15, -0.1) is 0 Å². The predicted molar refractivity (Wildman–Crippen MR) is 53.7 cm³/mol. The Morgan fingerprint density at radius 3 is 3.07 bits per heavy atom. The van der Waals surface area contributed by atoms with E-state index in [0.717, 1.165) is 19.3 Å². The molecular weight excluding hydrogens is 174 g/mol. The van der Waals surface area contributed by atoms with Crippen LogP contribution < -0.4 is 0 Å². The smallest absolute Gasteiger partial charge is 0.0659 e. The second-order valence-electron chi connectivity index (χ2n) is 4.22. The number of hydrogen-bond acceptors (Lipinski definition) is 2. The minimum atomic E-state index is 0.201. The van der Waals surface area contributed by atoms with Gasteiger partial charge in [0.05, 0.1) is 18.2 Å². The quantitative estimate of drug-likeness (QED) is 0.678. The summed E-state index contributed by atoms with van der Waals surface area (Å²) < 4.78 is 2.09. The van der Waals surface area contributed by atoms with E-state index < -0.39 is 0 Å². The minimum Gasteiger partial charge on any atom is -0.267 e. The van der Waals surface area contributed by atoms with E-state index in [0.29, 0.717) is 6.04 Å². The van der Waals surface area contributed by atoms with Crippen LogP contribution in [0.1, 0.15) is 37.6 Å². The molecule has 3 nitrogen and oxygen atoms in total. The third kappa shape index (κ3) is 1.41. The molecule has 0 bridgehead atoms. The lowest BCUT2D eigenvalue weighted by molar-refractivity contribution is 0.476. The molecule has 0 N–H and O–H groups in total. The van der Waals surface area contributed by atoms with Gasteiger partial charge in [-0.3, -0.25) is 4.68 Å². The Morgan fingerprint density at radius 1 is 1.64 bits per heavy atom. The molecule has 14 heavy (non-hydrogen) atoms. The summed E-state index contributed by atoms with van der Waals surface area (Å²) >= 11 is 0. The zero-order chi connectivity index (χ0) is 10.1. The van der Waals surface area contributed by atoms with Crippen LogP contribution in [0.2, 0.25) is 0 Å². The lowest BCUT2D eigenvalue weighted by atomic mass is 9.89. The fourth-order valence-electron chi connectivity index (χ4n) is 2.10. The maximum Gasteiger partial charge on any atom is 0.0659 e. The van der Waals surface area contributed by atoms with Crippen LogP contribution in [0, 0.1) is 17.2 Å².